The summed E-state index contributed by atoms with van der Waals surface area (Å²) in [4.78, 5) is 10.8. The molecule has 0 spiro atoms. The topological polar surface area (TPSA) is 71.4 Å². The van der Waals surface area contributed by atoms with Crippen LogP contribution in [0.1, 0.15) is 48.9 Å². The molecule has 1 saturated carbocycles. The summed E-state index contributed by atoms with van der Waals surface area (Å²) in [6, 6.07) is 2.99. The summed E-state index contributed by atoms with van der Waals surface area (Å²) in [6.07, 6.45) is 4.93. The van der Waals surface area contributed by atoms with E-state index in [0.29, 0.717) is 12.8 Å². The van der Waals surface area contributed by atoms with Crippen molar-refractivity contribution in [1.29, 1.82) is 0 Å². The molecule has 1 aliphatic carbocycles. The molecule has 0 amide bonds. The molecule has 0 radical (unpaired) electrons. The minimum Gasteiger partial charge on any atom is -0.478 e. The van der Waals surface area contributed by atoms with Crippen LogP contribution in [-0.2, 0) is 9.84 Å². The fourth-order valence-corrected chi connectivity index (χ4v) is 4.47. The van der Waals surface area contributed by atoms with Gasteiger partial charge in [0, 0.05) is 0 Å². The van der Waals surface area contributed by atoms with Crippen molar-refractivity contribution in [3.8, 4) is 0 Å². The van der Waals surface area contributed by atoms with Crippen LogP contribution in [0.2, 0.25) is 0 Å². The zero-order valence-electron chi connectivity index (χ0n) is 11.0. The van der Waals surface area contributed by atoms with E-state index in [-0.39, 0.29) is 4.90 Å². The molecule has 1 N–H and O–H groups in total. The Morgan fingerprint density at radius 2 is 1.75 bits per heavy atom. The predicted octanol–water partition coefficient (Wildman–Crippen LogP) is 3.02. The van der Waals surface area contributed by atoms with E-state index in [2.05, 4.69) is 0 Å². The molecule has 0 aliphatic heterocycles. The molecule has 20 heavy (non-hydrogen) atoms. The maximum absolute atomic E-state index is 13.3. The van der Waals surface area contributed by atoms with Crippen LogP contribution >= 0.6 is 0 Å². The molecular weight excluding hydrogens is 283 g/mol. The monoisotopic (exact) mass is 300 g/mol. The highest BCUT2D eigenvalue weighted by atomic mass is 32.2. The van der Waals surface area contributed by atoms with Crippen LogP contribution < -0.4 is 0 Å². The van der Waals surface area contributed by atoms with Gasteiger partial charge in [-0.2, -0.15) is 0 Å². The van der Waals surface area contributed by atoms with Crippen LogP contribution in [0.3, 0.4) is 0 Å². The number of hydrogen-bond donors (Lipinski definition) is 1. The predicted molar refractivity (Wildman–Crippen MR) is 72.0 cm³/mol. The Morgan fingerprint density at radius 3 is 2.30 bits per heavy atom. The molecule has 1 aromatic rings. The lowest BCUT2D eigenvalue weighted by Crippen LogP contribution is -2.21. The lowest BCUT2D eigenvalue weighted by Gasteiger charge is -2.15. The molecule has 1 fully saturated rings. The molecular formula is C14H17FO4S. The summed E-state index contributed by atoms with van der Waals surface area (Å²) >= 11 is 0. The number of rotatable bonds is 3. The van der Waals surface area contributed by atoms with E-state index >= 15 is 0 Å². The minimum atomic E-state index is -3.59. The number of benzene rings is 1. The average molecular weight is 300 g/mol. The second-order valence-corrected chi connectivity index (χ2v) is 7.33. The van der Waals surface area contributed by atoms with Crippen molar-refractivity contribution in [2.24, 2.45) is 0 Å². The van der Waals surface area contributed by atoms with E-state index in [4.69, 9.17) is 5.11 Å². The number of carboxylic acid groups (broad SMARTS) is 1. The van der Waals surface area contributed by atoms with Crippen LogP contribution in [0.4, 0.5) is 4.39 Å². The van der Waals surface area contributed by atoms with Crippen molar-refractivity contribution >= 4 is 15.8 Å². The Balaban J connectivity index is 2.38. The summed E-state index contributed by atoms with van der Waals surface area (Å²) in [5, 5.41) is 8.39. The normalized spacial score (nSPS) is 17.6. The summed E-state index contributed by atoms with van der Waals surface area (Å²) in [7, 11) is -3.59. The standard InChI is InChI=1S/C14H17FO4S/c15-13-8-7-11(9-12(13)14(16)17)20(18,19)10-5-3-1-2-4-6-10/h7-10H,1-6H2,(H,16,17). The molecule has 1 aliphatic rings. The summed E-state index contributed by atoms with van der Waals surface area (Å²) in [5.41, 5.74) is -0.598. The SMILES string of the molecule is O=C(O)c1cc(S(=O)(=O)C2CCCCCC2)ccc1F. The van der Waals surface area contributed by atoms with E-state index in [1.54, 1.807) is 0 Å². The quantitative estimate of drug-likeness (QED) is 0.688. The fourth-order valence-electron chi connectivity index (χ4n) is 2.59. The van der Waals surface area contributed by atoms with Crippen LogP contribution in [0.25, 0.3) is 0 Å². The highest BCUT2D eigenvalue weighted by Crippen LogP contribution is 2.28. The van der Waals surface area contributed by atoms with E-state index in [9.17, 15) is 17.6 Å². The lowest BCUT2D eigenvalue weighted by molar-refractivity contribution is 0.0691. The van der Waals surface area contributed by atoms with Crippen LogP contribution in [0.5, 0.6) is 0 Å². The zero-order chi connectivity index (χ0) is 14.8. The Bertz CT molecular complexity index is 602. The molecule has 1 aromatic carbocycles. The first-order chi connectivity index (χ1) is 9.43. The number of hydrogen-bond acceptors (Lipinski definition) is 3. The second kappa shape index (κ2) is 5.91. The molecule has 0 aromatic heterocycles. The van der Waals surface area contributed by atoms with Crippen LogP contribution in [-0.4, -0.2) is 24.7 Å². The first-order valence-corrected chi connectivity index (χ1v) is 8.24. The Morgan fingerprint density at radius 1 is 1.15 bits per heavy atom. The number of carboxylic acids is 1. The third kappa shape index (κ3) is 3.00. The van der Waals surface area contributed by atoms with Gasteiger partial charge in [0.05, 0.1) is 15.7 Å². The summed E-state index contributed by atoms with van der Waals surface area (Å²) in [5.74, 6) is -2.38. The Hall–Kier alpha value is -1.43. The van der Waals surface area contributed by atoms with Crippen LogP contribution in [0, 0.1) is 5.82 Å². The van der Waals surface area contributed by atoms with Gasteiger partial charge in [-0.15, -0.1) is 0 Å². The van der Waals surface area contributed by atoms with Crippen molar-refractivity contribution in [2.75, 3.05) is 0 Å². The number of aromatic carboxylic acids is 1. The first kappa shape index (κ1) is 15.0. The van der Waals surface area contributed by atoms with Gasteiger partial charge in [-0.05, 0) is 31.0 Å². The highest BCUT2D eigenvalue weighted by molar-refractivity contribution is 7.92. The minimum absolute atomic E-state index is 0.0943. The van der Waals surface area contributed by atoms with Gasteiger partial charge in [0.2, 0.25) is 0 Å². The molecule has 2 rings (SSSR count). The maximum Gasteiger partial charge on any atom is 0.338 e. The van der Waals surface area contributed by atoms with Crippen molar-refractivity contribution in [3.05, 3.63) is 29.6 Å². The van der Waals surface area contributed by atoms with Gasteiger partial charge in [-0.3, -0.25) is 0 Å². The van der Waals surface area contributed by atoms with Gasteiger partial charge in [0.25, 0.3) is 0 Å². The second-order valence-electron chi connectivity index (χ2n) is 5.11. The van der Waals surface area contributed by atoms with Crippen LogP contribution in [0.15, 0.2) is 23.1 Å². The smallest absolute Gasteiger partial charge is 0.338 e. The van der Waals surface area contributed by atoms with Crippen molar-refractivity contribution in [2.45, 2.75) is 48.7 Å². The van der Waals surface area contributed by atoms with E-state index in [0.717, 1.165) is 43.9 Å². The van der Waals surface area contributed by atoms with E-state index < -0.39 is 32.4 Å². The summed E-state index contributed by atoms with van der Waals surface area (Å²) in [6.45, 7) is 0. The van der Waals surface area contributed by atoms with Gasteiger partial charge < -0.3 is 5.11 Å². The van der Waals surface area contributed by atoms with Gasteiger partial charge in [-0.25, -0.2) is 17.6 Å². The third-order valence-electron chi connectivity index (χ3n) is 3.74. The largest absolute Gasteiger partial charge is 0.478 e. The van der Waals surface area contributed by atoms with Gasteiger partial charge in [0.1, 0.15) is 5.82 Å². The lowest BCUT2D eigenvalue weighted by atomic mass is 10.2. The number of halogens is 1. The van der Waals surface area contributed by atoms with Gasteiger partial charge >= 0.3 is 5.97 Å². The fraction of sp³-hybridized carbons (Fsp3) is 0.500. The molecule has 6 heteroatoms. The van der Waals surface area contributed by atoms with Crippen molar-refractivity contribution in [3.63, 3.8) is 0 Å². The molecule has 0 atom stereocenters. The maximum atomic E-state index is 13.3. The number of carbonyl (C=O) groups is 1. The average Bonchev–Trinajstić information content (AvgIpc) is 2.67. The highest BCUT2D eigenvalue weighted by Gasteiger charge is 2.29. The Labute approximate surface area is 117 Å². The molecule has 4 nitrogen and oxygen atoms in total. The molecule has 110 valence electrons. The number of sulfone groups is 1. The van der Waals surface area contributed by atoms with Crippen molar-refractivity contribution < 1.29 is 22.7 Å². The van der Waals surface area contributed by atoms with Crippen molar-refractivity contribution in [1.82, 2.24) is 0 Å². The van der Waals surface area contributed by atoms with E-state index in [1.165, 1.54) is 0 Å². The van der Waals surface area contributed by atoms with Gasteiger partial charge in [0.15, 0.2) is 9.84 Å². The molecule has 0 bridgehead atoms. The molecule has 0 saturated heterocycles. The van der Waals surface area contributed by atoms with E-state index in [1.807, 2.05) is 0 Å². The third-order valence-corrected chi connectivity index (χ3v) is 6.00. The summed E-state index contributed by atoms with van der Waals surface area (Å²) < 4.78 is 38.4. The Kier molecular flexibility index (Phi) is 4.42. The zero-order valence-corrected chi connectivity index (χ0v) is 11.8. The molecule has 0 unspecified atom stereocenters. The first-order valence-electron chi connectivity index (χ1n) is 6.69. The molecule has 0 heterocycles. The van der Waals surface area contributed by atoms with Gasteiger partial charge in [-0.1, -0.05) is 25.7 Å².